The summed E-state index contributed by atoms with van der Waals surface area (Å²) in [6, 6.07) is 0. The Bertz CT molecular complexity index is 1150. The zero-order valence-electron chi connectivity index (χ0n) is 23.4. The molecule has 0 aromatic rings. The summed E-state index contributed by atoms with van der Waals surface area (Å²) in [6.45, 7) is 5.24. The molecule has 42 heavy (non-hydrogen) atoms. The second-order valence-electron chi connectivity index (χ2n) is 2.17. The van der Waals surface area contributed by atoms with Crippen LogP contribution in [0.5, 0.6) is 0 Å². The molecule has 0 saturated heterocycles. The van der Waals surface area contributed by atoms with Crippen molar-refractivity contribution in [2.45, 2.75) is 28.2 Å². The first-order valence-electron chi connectivity index (χ1n) is 6.78. The number of aliphatic hydroxyl groups excluding tert-OH is 1. The number of rotatable bonds is 1. The molecule has 0 fully saturated rings. The number of aliphatic hydroxyl groups is 1. The molecule has 243 valence electrons. The molecule has 5 nitrogen and oxygen atoms in total. The molecule has 34 heteroatoms. The number of hydrogen-bond acceptors (Lipinski definition) is 11. The smallest absolute Gasteiger partial charge is 1.00 e. The number of carbonyl (C=O) groups excluding carboxylic acids is 2. The van der Waals surface area contributed by atoms with Crippen LogP contribution >= 0.6 is 32.9 Å². The summed E-state index contributed by atoms with van der Waals surface area (Å²) in [5.41, 5.74) is 0. The van der Waals surface area contributed by atoms with Crippen LogP contribution in [0.3, 0.4) is 0 Å². The van der Waals surface area contributed by atoms with Gasteiger partial charge in [-0.25, -0.2) is 0 Å². The summed E-state index contributed by atoms with van der Waals surface area (Å²) >= 11 is 30.4. The van der Waals surface area contributed by atoms with E-state index in [1.54, 1.807) is 105 Å². The Kier molecular flexibility index (Phi) is 263. The third-order valence-electron chi connectivity index (χ3n) is 0.428. The molecular weight excluding hydrogens is 1190 g/mol. The van der Waals surface area contributed by atoms with Gasteiger partial charge in [0.25, 0.3) is 6.47 Å². The van der Waals surface area contributed by atoms with Crippen LogP contribution < -0.4 is 138 Å². The summed E-state index contributed by atoms with van der Waals surface area (Å²) in [4.78, 5) is 20.1. The van der Waals surface area contributed by atoms with Gasteiger partial charge in [0.05, 0.1) is 0 Å². The van der Waals surface area contributed by atoms with Gasteiger partial charge in [-0.15, -0.1) is 17.0 Å². The standard InChI is InChI=1S/C2H5Br.C2H6O.C2H4O.CH2O3.CH4.B.BrH.2K.Na.S10.S9.S4.2H/c3*1-2-3;2-1-4-3;;;;;;;1-3-5-7-9-10-8-6-4-2;1-3-5-7-9-8-6-4-2;1-3-4-2;;/h2H2,1H3;3H,2H2,1H3;2H,1H3;1,3H;1H4;;1H;;;;;;;;/q;;;;;;;3*+1;;;;2*-1/p-1. The molecule has 0 aliphatic rings. The number of carbonyl (C=O) groups is 2. The maximum absolute atomic E-state index is 8.81. The molecule has 0 aromatic heterocycles. The summed E-state index contributed by atoms with van der Waals surface area (Å²) in [7, 11) is 25.9. The first-order chi connectivity index (χ1) is 17.4. The number of aldehydes is 1. The second kappa shape index (κ2) is 125. The van der Waals surface area contributed by atoms with Gasteiger partial charge in [-0.1, -0.05) is 30.3 Å². The topological polar surface area (TPSA) is 86.7 Å². The summed E-state index contributed by atoms with van der Waals surface area (Å²) in [5, 5.41) is 17.1. The molecule has 0 saturated carbocycles. The Morgan fingerprint density at radius 3 is 0.905 bits per heavy atom. The van der Waals surface area contributed by atoms with Gasteiger partial charge in [-0.2, -0.15) is 0 Å². The zero-order chi connectivity index (χ0) is 29.6. The molecule has 3 radical (unpaired) electrons. The largest absolute Gasteiger partial charge is 1.00 e. The van der Waals surface area contributed by atoms with Crippen molar-refractivity contribution in [3.05, 3.63) is 0 Å². The number of alkyl halides is 1. The van der Waals surface area contributed by atoms with E-state index in [4.69, 9.17) is 20.0 Å². The minimum atomic E-state index is -0.181. The van der Waals surface area contributed by atoms with E-state index in [2.05, 4.69) is 87.9 Å². The fourth-order valence-electron chi connectivity index (χ4n) is 0.125. The second-order valence-corrected chi connectivity index (χ2v) is 33.4. The molecular formula is C8H23BBr2K2NaO5S23. The predicted molar refractivity (Wildman–Crippen MR) is 246 cm³/mol. The zero-order valence-corrected chi connectivity index (χ0v) is 51.7. The summed E-state index contributed by atoms with van der Waals surface area (Å²) in [6.07, 6.45) is 0.750. The van der Waals surface area contributed by atoms with Crippen LogP contribution in [0.25, 0.3) is 0 Å². The fourth-order valence-corrected chi connectivity index (χ4v) is 30.3. The SMILES string of the molecule is Br.C.CC=O.CCBr.CCO.O=CO[O-].S=S=S=S.S=S=S=S=S=S=S=S=S.S=S=S=S=S=S=S=S=S=S.[B].[H-].[H-].[K+].[K+].[Na+]. The average Bonchev–Trinajstić information content (AvgIpc) is 2.88. The van der Waals surface area contributed by atoms with Crippen molar-refractivity contribution in [2.24, 2.45) is 0 Å². The Morgan fingerprint density at radius 1 is 0.714 bits per heavy atom. The monoisotopic (exact) mass is 1200 g/mol. The van der Waals surface area contributed by atoms with Crippen molar-refractivity contribution in [1.82, 2.24) is 0 Å². The molecule has 0 unspecified atom stereocenters. The van der Waals surface area contributed by atoms with Gasteiger partial charge >= 0.3 is 132 Å². The third-order valence-corrected chi connectivity index (χ3v) is 31.5. The molecule has 0 aromatic carbocycles. The molecule has 0 bridgehead atoms. The van der Waals surface area contributed by atoms with Crippen molar-refractivity contribution in [3.63, 3.8) is 0 Å². The molecule has 0 aliphatic carbocycles. The van der Waals surface area contributed by atoms with E-state index < -0.39 is 0 Å². The fraction of sp³-hybridized carbons (Fsp3) is 0.750. The normalized spacial score (nSPS) is 5.19. The van der Waals surface area contributed by atoms with Gasteiger partial charge in [-0.3, -0.25) is 4.79 Å². The summed E-state index contributed by atoms with van der Waals surface area (Å²) < 4.78 is 0. The van der Waals surface area contributed by atoms with Crippen LogP contribution in [0.4, 0.5) is 0 Å². The first-order valence-corrected chi connectivity index (χ1v) is 34.6. The maximum atomic E-state index is 8.81. The molecule has 0 heterocycles. The van der Waals surface area contributed by atoms with Crippen LogP contribution in [-0.4, -0.2) is 38.2 Å². The predicted octanol–water partition coefficient (Wildman–Crippen LogP) is -7.95. The van der Waals surface area contributed by atoms with Crippen molar-refractivity contribution < 1.29 is 160 Å². The van der Waals surface area contributed by atoms with E-state index in [1.165, 1.54) is 60.2 Å². The van der Waals surface area contributed by atoms with Gasteiger partial charge in [0.1, 0.15) is 6.29 Å². The van der Waals surface area contributed by atoms with Gasteiger partial charge in [-0.05, 0) is 13.8 Å². The molecule has 0 atom stereocenters. The average molecular weight is 1210 g/mol. The van der Waals surface area contributed by atoms with Crippen LogP contribution in [0.2, 0.25) is 0 Å². The van der Waals surface area contributed by atoms with Crippen molar-refractivity contribution >= 4 is 272 Å². The van der Waals surface area contributed by atoms with Crippen LogP contribution in [0.15, 0.2) is 0 Å². The van der Waals surface area contributed by atoms with Gasteiger partial charge in [0.2, 0.25) is 0 Å². The van der Waals surface area contributed by atoms with E-state index in [-0.39, 0.29) is 181 Å². The van der Waals surface area contributed by atoms with Gasteiger partial charge in [0, 0.05) is 238 Å². The Balaban J connectivity index is -0.0000000176. The molecule has 0 aliphatic heterocycles. The van der Waals surface area contributed by atoms with Crippen LogP contribution in [0.1, 0.15) is 31.1 Å². The summed E-state index contributed by atoms with van der Waals surface area (Å²) in [5.74, 6) is 0. The van der Waals surface area contributed by atoms with E-state index in [0.717, 1.165) is 11.6 Å². The van der Waals surface area contributed by atoms with Crippen LogP contribution in [0, 0.1) is 0 Å². The minimum absolute atomic E-state index is 0. The molecule has 1 N–H and O–H groups in total. The Morgan fingerprint density at radius 2 is 0.833 bits per heavy atom. The molecule has 0 rings (SSSR count). The van der Waals surface area contributed by atoms with Crippen molar-refractivity contribution in [3.8, 4) is 0 Å². The Hall–Kier alpha value is 9.42. The van der Waals surface area contributed by atoms with Crippen LogP contribution in [-0.2, 0) is 233 Å². The van der Waals surface area contributed by atoms with Gasteiger partial charge < -0.3 is 22.9 Å². The third kappa shape index (κ3) is 194. The number of hydrogen-bond donors (Lipinski definition) is 1. The molecule has 0 spiro atoms. The van der Waals surface area contributed by atoms with E-state index >= 15 is 0 Å². The Labute approximate surface area is 459 Å². The van der Waals surface area contributed by atoms with Gasteiger partial charge in [0.15, 0.2) is 0 Å². The van der Waals surface area contributed by atoms with E-state index in [9.17, 15) is 0 Å². The van der Waals surface area contributed by atoms with Crippen molar-refractivity contribution in [1.29, 1.82) is 0 Å². The number of halogens is 2. The van der Waals surface area contributed by atoms with E-state index in [1.807, 2.05) is 6.92 Å². The molecule has 0 amide bonds. The first kappa shape index (κ1) is 88.6. The quantitative estimate of drug-likeness (QED) is 0.0896. The maximum Gasteiger partial charge on any atom is 1.00 e. The van der Waals surface area contributed by atoms with E-state index in [0.29, 0.717) is 0 Å². The minimum Gasteiger partial charge on any atom is -1.00 e. The van der Waals surface area contributed by atoms with Crippen molar-refractivity contribution in [2.75, 3.05) is 11.9 Å².